The molecule has 0 radical (unpaired) electrons. The van der Waals surface area contributed by atoms with E-state index in [0.717, 1.165) is 32.4 Å². The van der Waals surface area contributed by atoms with Crippen LogP contribution in [0.15, 0.2) is 0 Å². The van der Waals surface area contributed by atoms with Crippen LogP contribution < -0.4 is 0 Å². The van der Waals surface area contributed by atoms with Crippen molar-refractivity contribution < 1.29 is 14.3 Å². The lowest BCUT2D eigenvalue weighted by atomic mass is 9.88. The van der Waals surface area contributed by atoms with Crippen LogP contribution in [-0.2, 0) is 9.53 Å². The minimum absolute atomic E-state index is 0.129. The van der Waals surface area contributed by atoms with Gasteiger partial charge in [0.15, 0.2) is 0 Å². The van der Waals surface area contributed by atoms with Crippen molar-refractivity contribution in [1.82, 2.24) is 4.90 Å². The van der Waals surface area contributed by atoms with Gasteiger partial charge in [0.2, 0.25) is 0 Å². The molecule has 0 saturated carbocycles. The summed E-state index contributed by atoms with van der Waals surface area (Å²) in [5.74, 6) is 0.274. The molecule has 1 heterocycles. The highest BCUT2D eigenvalue weighted by Gasteiger charge is 2.24. The van der Waals surface area contributed by atoms with Gasteiger partial charge in [-0.1, -0.05) is 48.5 Å². The number of amides is 1. The number of hydrogen-bond acceptors (Lipinski definition) is 3. The molecule has 138 valence electrons. The molecule has 0 spiro atoms. The van der Waals surface area contributed by atoms with Crippen LogP contribution in [0.5, 0.6) is 0 Å². The number of hydrogen-bond donors (Lipinski definition) is 0. The Hall–Kier alpha value is -1.06. The lowest BCUT2D eigenvalue weighted by Gasteiger charge is -2.29. The molecule has 1 aliphatic rings. The number of likely N-dealkylation sites (tertiary alicyclic amines) is 1. The van der Waals surface area contributed by atoms with E-state index in [2.05, 4.69) is 0 Å². The predicted molar refractivity (Wildman–Crippen MR) is 97.8 cm³/mol. The Balaban J connectivity index is 0. The van der Waals surface area contributed by atoms with E-state index in [1.54, 1.807) is 4.90 Å². The average Bonchev–Trinajstić information content (AvgIpc) is 2.62. The molecule has 1 saturated heterocycles. The Labute approximate surface area is 144 Å². The van der Waals surface area contributed by atoms with Crippen LogP contribution in [-0.4, -0.2) is 36.5 Å². The van der Waals surface area contributed by atoms with E-state index in [9.17, 15) is 9.59 Å². The minimum Gasteiger partial charge on any atom is -0.449 e. The maximum atomic E-state index is 11.9. The van der Waals surface area contributed by atoms with Gasteiger partial charge in [-0.25, -0.2) is 4.79 Å². The summed E-state index contributed by atoms with van der Waals surface area (Å²) in [5.41, 5.74) is -0.129. The van der Waals surface area contributed by atoms with Crippen molar-refractivity contribution >= 4 is 11.9 Å². The lowest BCUT2D eigenvalue weighted by Crippen LogP contribution is -2.37. The number of nitrogens with zero attached hydrogens (tertiary/aromatic N) is 1. The van der Waals surface area contributed by atoms with E-state index in [0.29, 0.717) is 19.4 Å². The van der Waals surface area contributed by atoms with Gasteiger partial charge in [0.1, 0.15) is 5.78 Å². The first-order valence-corrected chi connectivity index (χ1v) is 9.38. The van der Waals surface area contributed by atoms with Gasteiger partial charge < -0.3 is 9.64 Å². The highest BCUT2D eigenvalue weighted by atomic mass is 16.6. The molecule has 1 fully saturated rings. The van der Waals surface area contributed by atoms with Crippen LogP contribution in [0.2, 0.25) is 0 Å². The van der Waals surface area contributed by atoms with Gasteiger partial charge >= 0.3 is 6.09 Å². The molecule has 0 aromatic heterocycles. The zero-order chi connectivity index (χ0) is 18.3. The van der Waals surface area contributed by atoms with Crippen molar-refractivity contribution in [1.29, 1.82) is 0 Å². The van der Waals surface area contributed by atoms with Gasteiger partial charge in [-0.3, -0.25) is 4.79 Å². The zero-order valence-corrected chi connectivity index (χ0v) is 16.5. The average molecular weight is 330 g/mol. The first-order chi connectivity index (χ1) is 10.9. The Kier molecular flexibility index (Phi) is 15.3. The van der Waals surface area contributed by atoms with Crippen molar-refractivity contribution in [3.8, 4) is 0 Å². The van der Waals surface area contributed by atoms with Gasteiger partial charge in [0.05, 0.1) is 6.61 Å². The molecule has 1 aliphatic heterocycles. The third kappa shape index (κ3) is 12.1. The summed E-state index contributed by atoms with van der Waals surface area (Å²) in [6, 6.07) is 0. The van der Waals surface area contributed by atoms with Crippen molar-refractivity contribution in [2.24, 2.45) is 5.41 Å². The first kappa shape index (κ1) is 24.2. The molecule has 0 aliphatic carbocycles. The van der Waals surface area contributed by atoms with Crippen LogP contribution in [0.4, 0.5) is 4.79 Å². The van der Waals surface area contributed by atoms with Gasteiger partial charge in [-0.2, -0.15) is 0 Å². The molecule has 1 amide bonds. The fourth-order valence-corrected chi connectivity index (χ4v) is 2.15. The molecule has 23 heavy (non-hydrogen) atoms. The number of ether oxygens (including phenoxy) is 1. The molecule has 4 heteroatoms. The summed E-state index contributed by atoms with van der Waals surface area (Å²) in [6.45, 7) is 16.0. The summed E-state index contributed by atoms with van der Waals surface area (Å²) < 4.78 is 5.39. The Bertz CT molecular complexity index is 308. The van der Waals surface area contributed by atoms with Crippen LogP contribution in [0.25, 0.3) is 0 Å². The summed E-state index contributed by atoms with van der Waals surface area (Å²) in [7, 11) is 0. The molecule has 0 aromatic rings. The molecule has 0 bridgehead atoms. The topological polar surface area (TPSA) is 46.6 Å². The van der Waals surface area contributed by atoms with E-state index in [1.807, 2.05) is 48.5 Å². The monoisotopic (exact) mass is 329 g/mol. The van der Waals surface area contributed by atoms with Gasteiger partial charge in [0.25, 0.3) is 0 Å². The number of Topliss-reactive ketones (excluding diaryl/α,β-unsaturated/α-hetero) is 1. The summed E-state index contributed by atoms with van der Waals surface area (Å²) in [5, 5.41) is 0. The first-order valence-electron chi connectivity index (χ1n) is 9.38. The maximum Gasteiger partial charge on any atom is 0.409 e. The van der Waals surface area contributed by atoms with E-state index >= 15 is 0 Å². The molecular weight excluding hydrogens is 290 g/mol. The van der Waals surface area contributed by atoms with E-state index in [-0.39, 0.29) is 17.3 Å². The molecule has 0 N–H and O–H groups in total. The highest BCUT2D eigenvalue weighted by molar-refractivity contribution is 5.78. The SMILES string of the molecule is CC.CC.CCC(=O)CCC(C)(C)COC(=O)N1CCCCC1. The zero-order valence-electron chi connectivity index (χ0n) is 16.5. The number of carbonyl (C=O) groups is 2. The van der Waals surface area contributed by atoms with E-state index in [4.69, 9.17) is 4.74 Å². The van der Waals surface area contributed by atoms with Crippen LogP contribution >= 0.6 is 0 Å². The van der Waals surface area contributed by atoms with Crippen LogP contribution in [0.1, 0.15) is 87.0 Å². The van der Waals surface area contributed by atoms with Crippen molar-refractivity contribution in [3.05, 3.63) is 0 Å². The standard InChI is InChI=1S/C15H27NO3.2C2H6/c1-4-13(17)8-9-15(2,3)12-19-14(18)16-10-6-5-7-11-16;2*1-2/h4-12H2,1-3H3;2*1-2H3. The summed E-state index contributed by atoms with van der Waals surface area (Å²) >= 11 is 0. The Morgan fingerprint density at radius 2 is 1.52 bits per heavy atom. The Morgan fingerprint density at radius 3 is 2.00 bits per heavy atom. The fraction of sp³-hybridized carbons (Fsp3) is 0.895. The third-order valence-electron chi connectivity index (χ3n) is 3.68. The number of piperidine rings is 1. The van der Waals surface area contributed by atoms with Gasteiger partial charge in [-0.15, -0.1) is 0 Å². The van der Waals surface area contributed by atoms with Crippen molar-refractivity contribution in [2.75, 3.05) is 19.7 Å². The van der Waals surface area contributed by atoms with Gasteiger partial charge in [-0.05, 0) is 31.1 Å². The second-order valence-electron chi connectivity index (χ2n) is 6.16. The van der Waals surface area contributed by atoms with Gasteiger partial charge in [0, 0.05) is 25.9 Å². The molecule has 0 atom stereocenters. The lowest BCUT2D eigenvalue weighted by molar-refractivity contribution is -0.119. The predicted octanol–water partition coefficient (Wildman–Crippen LogP) is 5.45. The van der Waals surface area contributed by atoms with E-state index in [1.165, 1.54) is 6.42 Å². The fourth-order valence-electron chi connectivity index (χ4n) is 2.15. The minimum atomic E-state index is -0.199. The van der Waals surface area contributed by atoms with Crippen molar-refractivity contribution in [2.45, 2.75) is 87.0 Å². The van der Waals surface area contributed by atoms with Crippen LogP contribution in [0, 0.1) is 5.41 Å². The number of rotatable bonds is 6. The number of carbonyl (C=O) groups excluding carboxylic acids is 2. The summed E-state index contributed by atoms with van der Waals surface area (Å²) in [4.78, 5) is 25.0. The Morgan fingerprint density at radius 1 is 1.00 bits per heavy atom. The second kappa shape index (κ2) is 14.5. The highest BCUT2D eigenvalue weighted by Crippen LogP contribution is 2.24. The molecule has 1 rings (SSSR count). The molecule has 0 unspecified atom stereocenters. The molecule has 4 nitrogen and oxygen atoms in total. The molecule has 0 aromatic carbocycles. The third-order valence-corrected chi connectivity index (χ3v) is 3.68. The van der Waals surface area contributed by atoms with Crippen LogP contribution in [0.3, 0.4) is 0 Å². The quantitative estimate of drug-likeness (QED) is 0.651. The maximum absolute atomic E-state index is 11.9. The number of ketones is 1. The molecular formula is C19H39NO3. The van der Waals surface area contributed by atoms with Crippen molar-refractivity contribution in [3.63, 3.8) is 0 Å². The second-order valence-corrected chi connectivity index (χ2v) is 6.16. The smallest absolute Gasteiger partial charge is 0.409 e. The van der Waals surface area contributed by atoms with E-state index < -0.39 is 0 Å². The normalized spacial score (nSPS) is 14.0. The largest absolute Gasteiger partial charge is 0.449 e. The summed E-state index contributed by atoms with van der Waals surface area (Å²) in [6.07, 6.45) is 5.08.